The highest BCUT2D eigenvalue weighted by molar-refractivity contribution is 9.10. The van der Waals surface area contributed by atoms with E-state index in [1.165, 1.54) is 6.07 Å². The molecule has 0 aliphatic rings. The maximum absolute atomic E-state index is 13.3. The summed E-state index contributed by atoms with van der Waals surface area (Å²) in [5.41, 5.74) is 1.59. The van der Waals surface area contributed by atoms with Gasteiger partial charge in [-0.1, -0.05) is 6.58 Å². The summed E-state index contributed by atoms with van der Waals surface area (Å²) in [7, 11) is 1.82. The van der Waals surface area contributed by atoms with Crippen LogP contribution >= 0.6 is 15.9 Å². The van der Waals surface area contributed by atoms with E-state index in [1.807, 2.05) is 7.05 Å². The summed E-state index contributed by atoms with van der Waals surface area (Å²) >= 11 is 3.14. The Labute approximate surface area is 89.2 Å². The third kappa shape index (κ3) is 1.26. The lowest BCUT2D eigenvalue weighted by atomic mass is 10.2. The summed E-state index contributed by atoms with van der Waals surface area (Å²) in [6.45, 7) is 3.64. The molecule has 2 nitrogen and oxygen atoms in total. The van der Waals surface area contributed by atoms with Crippen LogP contribution in [0.2, 0.25) is 0 Å². The van der Waals surface area contributed by atoms with Crippen molar-refractivity contribution in [3.05, 3.63) is 34.7 Å². The fourth-order valence-corrected chi connectivity index (χ4v) is 1.76. The lowest BCUT2D eigenvalue weighted by Crippen LogP contribution is -1.89. The number of aryl methyl sites for hydroxylation is 1. The predicted molar refractivity (Wildman–Crippen MR) is 58.5 cm³/mol. The first-order valence-corrected chi connectivity index (χ1v) is 4.87. The molecule has 0 saturated heterocycles. The van der Waals surface area contributed by atoms with Crippen LogP contribution in [-0.2, 0) is 7.05 Å². The maximum Gasteiger partial charge on any atom is 0.138 e. The number of halogens is 2. The molecule has 1 aromatic carbocycles. The molecule has 2 aromatic rings. The van der Waals surface area contributed by atoms with Crippen LogP contribution in [0.1, 0.15) is 5.69 Å². The molecule has 0 saturated carbocycles. The van der Waals surface area contributed by atoms with E-state index < -0.39 is 0 Å². The molecule has 0 unspecified atom stereocenters. The van der Waals surface area contributed by atoms with Crippen molar-refractivity contribution in [2.45, 2.75) is 0 Å². The van der Waals surface area contributed by atoms with Gasteiger partial charge in [-0.3, -0.25) is 4.68 Å². The van der Waals surface area contributed by atoms with Gasteiger partial charge in [0.25, 0.3) is 0 Å². The topological polar surface area (TPSA) is 17.8 Å². The number of rotatable bonds is 1. The van der Waals surface area contributed by atoms with Crippen LogP contribution in [0.25, 0.3) is 17.0 Å². The molecule has 1 aromatic heterocycles. The van der Waals surface area contributed by atoms with Gasteiger partial charge in [-0.15, -0.1) is 0 Å². The van der Waals surface area contributed by atoms with Gasteiger partial charge in [0.2, 0.25) is 0 Å². The molecule has 0 aliphatic heterocycles. The zero-order valence-corrected chi connectivity index (χ0v) is 9.18. The molecule has 14 heavy (non-hydrogen) atoms. The fourth-order valence-electron chi connectivity index (χ4n) is 1.43. The van der Waals surface area contributed by atoms with E-state index in [1.54, 1.807) is 16.8 Å². The molecule has 0 radical (unpaired) electrons. The summed E-state index contributed by atoms with van der Waals surface area (Å²) in [6, 6.07) is 3.17. The van der Waals surface area contributed by atoms with Crippen LogP contribution in [0.5, 0.6) is 0 Å². The van der Waals surface area contributed by atoms with Gasteiger partial charge in [-0.25, -0.2) is 4.39 Å². The Balaban J connectivity index is 2.90. The van der Waals surface area contributed by atoms with Gasteiger partial charge in [0.15, 0.2) is 0 Å². The van der Waals surface area contributed by atoms with Gasteiger partial charge in [0, 0.05) is 12.4 Å². The molecule has 4 heteroatoms. The SMILES string of the molecule is C=Cc1nn(C)c2cc(Br)c(F)cc12. The zero-order chi connectivity index (χ0) is 10.3. The van der Waals surface area contributed by atoms with Crippen molar-refractivity contribution in [1.29, 1.82) is 0 Å². The average molecular weight is 255 g/mol. The monoisotopic (exact) mass is 254 g/mol. The quantitative estimate of drug-likeness (QED) is 0.765. The smallest absolute Gasteiger partial charge is 0.138 e. The van der Waals surface area contributed by atoms with E-state index in [4.69, 9.17) is 0 Å². The number of fused-ring (bicyclic) bond motifs is 1. The van der Waals surface area contributed by atoms with E-state index in [2.05, 4.69) is 27.6 Å². The Hall–Kier alpha value is -1.16. The van der Waals surface area contributed by atoms with Crippen molar-refractivity contribution in [3.63, 3.8) is 0 Å². The van der Waals surface area contributed by atoms with E-state index >= 15 is 0 Å². The van der Waals surface area contributed by atoms with Crippen molar-refractivity contribution >= 4 is 32.9 Å². The number of nitrogens with zero attached hydrogens (tertiary/aromatic N) is 2. The highest BCUT2D eigenvalue weighted by Gasteiger charge is 2.09. The van der Waals surface area contributed by atoms with Crippen LogP contribution < -0.4 is 0 Å². The Morgan fingerprint density at radius 1 is 1.57 bits per heavy atom. The highest BCUT2D eigenvalue weighted by Crippen LogP contribution is 2.25. The maximum atomic E-state index is 13.3. The second-order valence-corrected chi connectivity index (χ2v) is 3.85. The Bertz CT molecular complexity index is 516. The van der Waals surface area contributed by atoms with E-state index in [0.717, 1.165) is 10.9 Å². The van der Waals surface area contributed by atoms with Gasteiger partial charge in [0.1, 0.15) is 5.82 Å². The second kappa shape index (κ2) is 3.20. The highest BCUT2D eigenvalue weighted by atomic mass is 79.9. The molecule has 0 amide bonds. The van der Waals surface area contributed by atoms with E-state index in [0.29, 0.717) is 10.2 Å². The van der Waals surface area contributed by atoms with E-state index in [-0.39, 0.29) is 5.82 Å². The van der Waals surface area contributed by atoms with E-state index in [9.17, 15) is 4.39 Å². The fraction of sp³-hybridized carbons (Fsp3) is 0.100. The van der Waals surface area contributed by atoms with Crippen LogP contribution in [0.3, 0.4) is 0 Å². The van der Waals surface area contributed by atoms with Crippen LogP contribution in [0, 0.1) is 5.82 Å². The largest absolute Gasteiger partial charge is 0.267 e. The molecular weight excluding hydrogens is 247 g/mol. The first-order valence-electron chi connectivity index (χ1n) is 4.07. The lowest BCUT2D eigenvalue weighted by Gasteiger charge is -1.96. The lowest BCUT2D eigenvalue weighted by molar-refractivity contribution is 0.623. The van der Waals surface area contributed by atoms with Crippen molar-refractivity contribution < 1.29 is 4.39 Å². The molecule has 0 fully saturated rings. The molecule has 0 N–H and O–H groups in total. The number of aromatic nitrogens is 2. The normalized spacial score (nSPS) is 10.8. The molecule has 0 atom stereocenters. The van der Waals surface area contributed by atoms with Crippen molar-refractivity contribution in [2.75, 3.05) is 0 Å². The minimum atomic E-state index is -0.284. The molecule has 0 spiro atoms. The number of hydrogen-bond donors (Lipinski definition) is 0. The number of hydrogen-bond acceptors (Lipinski definition) is 1. The minimum Gasteiger partial charge on any atom is -0.267 e. The Morgan fingerprint density at radius 2 is 2.29 bits per heavy atom. The molecule has 2 rings (SSSR count). The van der Waals surface area contributed by atoms with Gasteiger partial charge < -0.3 is 0 Å². The van der Waals surface area contributed by atoms with Gasteiger partial charge in [-0.05, 0) is 34.1 Å². The number of benzene rings is 1. The minimum absolute atomic E-state index is 0.284. The zero-order valence-electron chi connectivity index (χ0n) is 7.59. The molecule has 1 heterocycles. The van der Waals surface area contributed by atoms with Crippen LogP contribution in [0.4, 0.5) is 4.39 Å². The third-order valence-electron chi connectivity index (χ3n) is 2.11. The Morgan fingerprint density at radius 3 is 2.93 bits per heavy atom. The first kappa shape index (κ1) is 9.40. The van der Waals surface area contributed by atoms with Gasteiger partial charge in [-0.2, -0.15) is 5.10 Å². The van der Waals surface area contributed by atoms with Crippen molar-refractivity contribution in [2.24, 2.45) is 7.05 Å². The standard InChI is InChI=1S/C10H8BrFN2/c1-3-9-6-4-8(12)7(11)5-10(6)14(2)13-9/h3-5H,1H2,2H3. The molecule has 72 valence electrons. The molecular formula is C10H8BrFN2. The summed E-state index contributed by atoms with van der Waals surface area (Å²) in [5, 5.41) is 4.98. The predicted octanol–water partition coefficient (Wildman–Crippen LogP) is 3.12. The summed E-state index contributed by atoms with van der Waals surface area (Å²) in [4.78, 5) is 0. The second-order valence-electron chi connectivity index (χ2n) is 3.00. The summed E-state index contributed by atoms with van der Waals surface area (Å²) in [5.74, 6) is -0.284. The van der Waals surface area contributed by atoms with Crippen LogP contribution in [-0.4, -0.2) is 9.78 Å². The van der Waals surface area contributed by atoms with Crippen LogP contribution in [0.15, 0.2) is 23.2 Å². The first-order chi connectivity index (χ1) is 6.63. The molecule has 0 aliphatic carbocycles. The summed E-state index contributed by atoms with van der Waals surface area (Å²) < 4.78 is 15.4. The van der Waals surface area contributed by atoms with Crippen molar-refractivity contribution in [3.8, 4) is 0 Å². The van der Waals surface area contributed by atoms with Crippen molar-refractivity contribution in [1.82, 2.24) is 9.78 Å². The third-order valence-corrected chi connectivity index (χ3v) is 2.72. The Kier molecular flexibility index (Phi) is 2.15. The van der Waals surface area contributed by atoms with Gasteiger partial charge in [0.05, 0.1) is 15.7 Å². The average Bonchev–Trinajstić information content (AvgIpc) is 2.45. The molecule has 0 bridgehead atoms. The summed E-state index contributed by atoms with van der Waals surface area (Å²) in [6.07, 6.45) is 1.62. The van der Waals surface area contributed by atoms with Gasteiger partial charge >= 0.3 is 0 Å².